The van der Waals surface area contributed by atoms with Crippen LogP contribution in [0.1, 0.15) is 26.2 Å². The van der Waals surface area contributed by atoms with Crippen molar-refractivity contribution in [2.75, 3.05) is 24.6 Å². The van der Waals surface area contributed by atoms with Gasteiger partial charge in [-0.1, -0.05) is 0 Å². The molecular formula is C12H20N2O3S. The molecule has 0 spiro atoms. The number of nitrogens with zero attached hydrogens (tertiary/aromatic N) is 1. The number of carbonyl (C=O) groups is 2. The molecule has 0 aromatic rings. The lowest BCUT2D eigenvalue weighted by Gasteiger charge is -2.30. The van der Waals surface area contributed by atoms with Crippen molar-refractivity contribution in [1.29, 1.82) is 0 Å². The van der Waals surface area contributed by atoms with E-state index in [1.165, 1.54) is 0 Å². The molecule has 0 aromatic heterocycles. The summed E-state index contributed by atoms with van der Waals surface area (Å²) >= 11 is 1.84. The SMILES string of the molecule is CC(NC(=O)N1CCCSCC1)(C(=O)O)C1CC1. The van der Waals surface area contributed by atoms with Gasteiger partial charge in [0.1, 0.15) is 5.54 Å². The van der Waals surface area contributed by atoms with Gasteiger partial charge in [-0.15, -0.1) is 0 Å². The molecule has 6 heteroatoms. The first-order valence-corrected chi connectivity index (χ1v) is 7.58. The molecule has 2 aliphatic rings. The van der Waals surface area contributed by atoms with Crippen LogP contribution in [-0.2, 0) is 4.79 Å². The molecule has 1 aliphatic carbocycles. The number of hydrogen-bond acceptors (Lipinski definition) is 3. The standard InChI is InChI=1S/C12H20N2O3S/c1-12(10(15)16,9-3-4-9)13-11(17)14-5-2-7-18-8-6-14/h9H,2-8H2,1H3,(H,13,17)(H,15,16). The minimum Gasteiger partial charge on any atom is -0.480 e. The molecule has 0 aromatic carbocycles. The lowest BCUT2D eigenvalue weighted by molar-refractivity contribution is -0.144. The van der Waals surface area contributed by atoms with Gasteiger partial charge in [-0.05, 0) is 37.9 Å². The number of urea groups is 1. The van der Waals surface area contributed by atoms with Gasteiger partial charge < -0.3 is 15.3 Å². The van der Waals surface area contributed by atoms with Crippen LogP contribution in [0.15, 0.2) is 0 Å². The van der Waals surface area contributed by atoms with Gasteiger partial charge in [-0.25, -0.2) is 9.59 Å². The Morgan fingerprint density at radius 2 is 2.06 bits per heavy atom. The fraction of sp³-hybridized carbons (Fsp3) is 0.833. The number of aliphatic carboxylic acids is 1. The number of carboxylic acid groups (broad SMARTS) is 1. The fourth-order valence-electron chi connectivity index (χ4n) is 2.24. The predicted molar refractivity (Wildman–Crippen MR) is 70.8 cm³/mol. The molecule has 102 valence electrons. The van der Waals surface area contributed by atoms with E-state index in [0.717, 1.165) is 37.3 Å². The highest BCUT2D eigenvalue weighted by molar-refractivity contribution is 7.99. The monoisotopic (exact) mass is 272 g/mol. The number of carboxylic acids is 1. The Bertz CT molecular complexity index is 338. The van der Waals surface area contributed by atoms with Crippen molar-refractivity contribution in [3.8, 4) is 0 Å². The van der Waals surface area contributed by atoms with Crippen LogP contribution in [0.2, 0.25) is 0 Å². The third kappa shape index (κ3) is 2.91. The number of amides is 2. The van der Waals surface area contributed by atoms with E-state index in [0.29, 0.717) is 6.54 Å². The maximum atomic E-state index is 12.1. The molecule has 2 N–H and O–H groups in total. The zero-order valence-electron chi connectivity index (χ0n) is 10.6. The first-order valence-electron chi connectivity index (χ1n) is 6.42. The zero-order valence-corrected chi connectivity index (χ0v) is 11.5. The molecule has 1 saturated carbocycles. The molecule has 2 fully saturated rings. The summed E-state index contributed by atoms with van der Waals surface area (Å²) in [6.07, 6.45) is 2.75. The molecule has 18 heavy (non-hydrogen) atoms. The Labute approximate surface area is 111 Å². The second-order valence-electron chi connectivity index (χ2n) is 5.16. The quantitative estimate of drug-likeness (QED) is 0.814. The second kappa shape index (κ2) is 5.38. The van der Waals surface area contributed by atoms with Gasteiger partial charge in [-0.2, -0.15) is 11.8 Å². The Kier molecular flexibility index (Phi) is 4.04. The Balaban J connectivity index is 1.97. The average Bonchev–Trinajstić information content (AvgIpc) is 3.15. The van der Waals surface area contributed by atoms with Crippen molar-refractivity contribution in [3.63, 3.8) is 0 Å². The summed E-state index contributed by atoms with van der Waals surface area (Å²) in [6.45, 7) is 3.05. The van der Waals surface area contributed by atoms with Gasteiger partial charge in [0, 0.05) is 18.8 Å². The third-order valence-corrected chi connectivity index (χ3v) is 4.76. The summed E-state index contributed by atoms with van der Waals surface area (Å²) in [5.41, 5.74) is -1.10. The van der Waals surface area contributed by atoms with E-state index in [2.05, 4.69) is 5.32 Å². The molecule has 1 unspecified atom stereocenters. The maximum Gasteiger partial charge on any atom is 0.329 e. The van der Waals surface area contributed by atoms with Gasteiger partial charge in [0.15, 0.2) is 0 Å². The summed E-state index contributed by atoms with van der Waals surface area (Å²) < 4.78 is 0. The fourth-order valence-corrected chi connectivity index (χ4v) is 3.13. The van der Waals surface area contributed by atoms with E-state index in [4.69, 9.17) is 0 Å². The highest BCUT2D eigenvalue weighted by atomic mass is 32.2. The molecule has 0 radical (unpaired) electrons. The summed E-state index contributed by atoms with van der Waals surface area (Å²) in [7, 11) is 0. The van der Waals surface area contributed by atoms with E-state index in [1.54, 1.807) is 11.8 Å². The second-order valence-corrected chi connectivity index (χ2v) is 6.39. The first-order chi connectivity index (χ1) is 8.54. The molecule has 2 amide bonds. The molecular weight excluding hydrogens is 252 g/mol. The molecule has 1 saturated heterocycles. The van der Waals surface area contributed by atoms with Gasteiger partial charge in [0.2, 0.25) is 0 Å². The third-order valence-electron chi connectivity index (χ3n) is 3.71. The molecule has 1 atom stereocenters. The Morgan fingerprint density at radius 3 is 2.67 bits per heavy atom. The van der Waals surface area contributed by atoms with Crippen molar-refractivity contribution in [2.24, 2.45) is 5.92 Å². The van der Waals surface area contributed by atoms with Gasteiger partial charge >= 0.3 is 12.0 Å². The van der Waals surface area contributed by atoms with Crippen LogP contribution in [0.4, 0.5) is 4.79 Å². The predicted octanol–water partition coefficient (Wildman–Crippen LogP) is 1.39. The van der Waals surface area contributed by atoms with Crippen molar-refractivity contribution in [2.45, 2.75) is 31.7 Å². The highest BCUT2D eigenvalue weighted by Gasteiger charge is 2.49. The summed E-state index contributed by atoms with van der Waals surface area (Å²) in [5, 5.41) is 12.0. The molecule has 0 bridgehead atoms. The molecule has 5 nitrogen and oxygen atoms in total. The number of nitrogens with one attached hydrogen (secondary N) is 1. The number of thioether (sulfide) groups is 1. The van der Waals surface area contributed by atoms with Crippen LogP contribution in [0.5, 0.6) is 0 Å². The van der Waals surface area contributed by atoms with E-state index in [1.807, 2.05) is 11.8 Å². The maximum absolute atomic E-state index is 12.1. The molecule has 1 heterocycles. The topological polar surface area (TPSA) is 69.6 Å². The first kappa shape index (κ1) is 13.5. The van der Waals surface area contributed by atoms with Crippen LogP contribution in [-0.4, -0.2) is 52.1 Å². The van der Waals surface area contributed by atoms with Gasteiger partial charge in [0.05, 0.1) is 0 Å². The Hall–Kier alpha value is -0.910. The van der Waals surface area contributed by atoms with E-state index in [-0.39, 0.29) is 11.9 Å². The van der Waals surface area contributed by atoms with E-state index >= 15 is 0 Å². The zero-order chi connectivity index (χ0) is 13.2. The van der Waals surface area contributed by atoms with E-state index < -0.39 is 11.5 Å². The average molecular weight is 272 g/mol. The largest absolute Gasteiger partial charge is 0.480 e. The molecule has 2 rings (SSSR count). The van der Waals surface area contributed by atoms with Crippen LogP contribution >= 0.6 is 11.8 Å². The Morgan fingerprint density at radius 1 is 1.33 bits per heavy atom. The van der Waals surface area contributed by atoms with Crippen LogP contribution < -0.4 is 5.32 Å². The van der Waals surface area contributed by atoms with Crippen LogP contribution in [0.3, 0.4) is 0 Å². The van der Waals surface area contributed by atoms with Crippen molar-refractivity contribution >= 4 is 23.8 Å². The van der Waals surface area contributed by atoms with Gasteiger partial charge in [-0.3, -0.25) is 0 Å². The van der Waals surface area contributed by atoms with Crippen molar-refractivity contribution in [1.82, 2.24) is 10.2 Å². The van der Waals surface area contributed by atoms with E-state index in [9.17, 15) is 14.7 Å². The number of hydrogen-bond donors (Lipinski definition) is 2. The van der Waals surface area contributed by atoms with Crippen LogP contribution in [0.25, 0.3) is 0 Å². The summed E-state index contributed by atoms with van der Waals surface area (Å²) in [5.74, 6) is 1.16. The number of rotatable bonds is 3. The minimum absolute atomic E-state index is 0.0836. The summed E-state index contributed by atoms with van der Waals surface area (Å²) in [4.78, 5) is 25.2. The van der Waals surface area contributed by atoms with Crippen molar-refractivity contribution in [3.05, 3.63) is 0 Å². The highest BCUT2D eigenvalue weighted by Crippen LogP contribution is 2.39. The van der Waals surface area contributed by atoms with Crippen LogP contribution in [0, 0.1) is 5.92 Å². The summed E-state index contributed by atoms with van der Waals surface area (Å²) in [6, 6.07) is -0.227. The normalized spacial score (nSPS) is 23.9. The van der Waals surface area contributed by atoms with Gasteiger partial charge in [0.25, 0.3) is 0 Å². The smallest absolute Gasteiger partial charge is 0.329 e. The molecule has 1 aliphatic heterocycles. The number of carbonyl (C=O) groups excluding carboxylic acids is 1. The lowest BCUT2D eigenvalue weighted by atomic mass is 9.96. The lowest BCUT2D eigenvalue weighted by Crippen LogP contribution is -2.57. The van der Waals surface area contributed by atoms with Crippen molar-refractivity contribution < 1.29 is 14.7 Å². The minimum atomic E-state index is -1.10.